The van der Waals surface area contributed by atoms with E-state index in [4.69, 9.17) is 4.42 Å². The largest absolute Gasteiger partial charge is 0.457 e. The molecule has 0 bridgehead atoms. The number of hydrogen-bond donors (Lipinski definition) is 1. The lowest BCUT2D eigenvalue weighted by atomic mass is 10.1. The number of nitro benzene ring substituents is 1. The number of urea groups is 1. The van der Waals surface area contributed by atoms with Gasteiger partial charge in [0.15, 0.2) is 0 Å². The molecule has 0 spiro atoms. The molecule has 0 unspecified atom stereocenters. The van der Waals surface area contributed by atoms with Crippen molar-refractivity contribution < 1.29 is 23.7 Å². The monoisotopic (exact) mass is 445 g/mol. The first-order valence-electron chi connectivity index (χ1n) is 9.99. The van der Waals surface area contributed by atoms with Crippen LogP contribution in [0.25, 0.3) is 17.4 Å². The zero-order valence-electron chi connectivity index (χ0n) is 18.0. The summed E-state index contributed by atoms with van der Waals surface area (Å²) < 4.78 is 5.75. The highest BCUT2D eigenvalue weighted by Gasteiger charge is 2.37. The van der Waals surface area contributed by atoms with E-state index in [1.807, 2.05) is 13.8 Å². The summed E-state index contributed by atoms with van der Waals surface area (Å²) in [5, 5.41) is 13.3. The van der Waals surface area contributed by atoms with Crippen molar-refractivity contribution in [2.45, 2.75) is 20.8 Å². The number of benzene rings is 2. The highest BCUT2D eigenvalue weighted by atomic mass is 16.6. The molecule has 1 aliphatic heterocycles. The predicted octanol–water partition coefficient (Wildman–Crippen LogP) is 4.45. The SMILES string of the molecule is Cc1ccc(N2C(=O)NC(=O)/C(=C\c3ccc(-c4cc([N+](=O)[O-])ccc4C)o3)C2=O)cc1C. The van der Waals surface area contributed by atoms with Crippen molar-refractivity contribution in [2.75, 3.05) is 4.90 Å². The third-order valence-corrected chi connectivity index (χ3v) is 5.46. The molecule has 4 rings (SSSR count). The number of imide groups is 2. The Morgan fingerprint density at radius 1 is 0.939 bits per heavy atom. The van der Waals surface area contributed by atoms with E-state index in [-0.39, 0.29) is 17.0 Å². The van der Waals surface area contributed by atoms with Crippen molar-refractivity contribution in [2.24, 2.45) is 0 Å². The minimum Gasteiger partial charge on any atom is -0.457 e. The third kappa shape index (κ3) is 4.03. The molecule has 2 aromatic carbocycles. The number of aryl methyl sites for hydroxylation is 3. The first-order chi connectivity index (χ1) is 15.7. The number of non-ortho nitro benzene ring substituents is 1. The van der Waals surface area contributed by atoms with Gasteiger partial charge in [0.1, 0.15) is 17.1 Å². The molecule has 0 aliphatic carbocycles. The lowest BCUT2D eigenvalue weighted by molar-refractivity contribution is -0.384. The number of amides is 4. The number of nitrogens with zero attached hydrogens (tertiary/aromatic N) is 2. The molecule has 166 valence electrons. The average molecular weight is 445 g/mol. The molecule has 0 atom stereocenters. The molecule has 2 heterocycles. The highest BCUT2D eigenvalue weighted by Crippen LogP contribution is 2.30. The number of carbonyl (C=O) groups is 3. The Balaban J connectivity index is 1.70. The summed E-state index contributed by atoms with van der Waals surface area (Å²) in [5.41, 5.74) is 3.13. The fraction of sp³-hybridized carbons (Fsp3) is 0.125. The first-order valence-corrected chi connectivity index (χ1v) is 9.99. The van der Waals surface area contributed by atoms with E-state index in [0.717, 1.165) is 21.6 Å². The number of hydrogen-bond acceptors (Lipinski definition) is 6. The molecule has 1 N–H and O–H groups in total. The molecule has 1 aromatic heterocycles. The maximum atomic E-state index is 13.1. The summed E-state index contributed by atoms with van der Waals surface area (Å²) >= 11 is 0. The van der Waals surface area contributed by atoms with Gasteiger partial charge in [-0.15, -0.1) is 0 Å². The minimum atomic E-state index is -0.838. The Labute approximate surface area is 188 Å². The fourth-order valence-corrected chi connectivity index (χ4v) is 3.46. The van der Waals surface area contributed by atoms with Crippen LogP contribution in [-0.2, 0) is 9.59 Å². The van der Waals surface area contributed by atoms with Gasteiger partial charge in [0.05, 0.1) is 10.6 Å². The summed E-state index contributed by atoms with van der Waals surface area (Å²) in [5.74, 6) is -1.09. The third-order valence-electron chi connectivity index (χ3n) is 5.46. The summed E-state index contributed by atoms with van der Waals surface area (Å²) in [6, 6.07) is 11.8. The fourth-order valence-electron chi connectivity index (χ4n) is 3.46. The lowest BCUT2D eigenvalue weighted by Gasteiger charge is -2.26. The summed E-state index contributed by atoms with van der Waals surface area (Å²) in [6.07, 6.45) is 1.24. The van der Waals surface area contributed by atoms with Gasteiger partial charge in [0, 0.05) is 17.7 Å². The molecule has 1 saturated heterocycles. The Bertz CT molecular complexity index is 1370. The smallest absolute Gasteiger partial charge is 0.335 e. The molecule has 1 aliphatic rings. The molecular weight excluding hydrogens is 426 g/mol. The second kappa shape index (κ2) is 8.19. The summed E-state index contributed by atoms with van der Waals surface area (Å²) in [7, 11) is 0. The molecule has 3 aromatic rings. The van der Waals surface area contributed by atoms with E-state index >= 15 is 0 Å². The van der Waals surface area contributed by atoms with E-state index in [2.05, 4.69) is 5.32 Å². The maximum Gasteiger partial charge on any atom is 0.335 e. The van der Waals surface area contributed by atoms with Crippen molar-refractivity contribution in [1.29, 1.82) is 0 Å². The average Bonchev–Trinajstić information content (AvgIpc) is 3.22. The van der Waals surface area contributed by atoms with Crippen LogP contribution in [0.2, 0.25) is 0 Å². The topological polar surface area (TPSA) is 123 Å². The van der Waals surface area contributed by atoms with E-state index in [0.29, 0.717) is 17.0 Å². The zero-order valence-corrected chi connectivity index (χ0v) is 18.0. The predicted molar refractivity (Wildman–Crippen MR) is 120 cm³/mol. The lowest BCUT2D eigenvalue weighted by Crippen LogP contribution is -2.54. The van der Waals surface area contributed by atoms with Gasteiger partial charge in [-0.2, -0.15) is 0 Å². The van der Waals surface area contributed by atoms with Crippen molar-refractivity contribution >= 4 is 35.3 Å². The Morgan fingerprint density at radius 3 is 2.36 bits per heavy atom. The molecule has 33 heavy (non-hydrogen) atoms. The van der Waals surface area contributed by atoms with Crippen molar-refractivity contribution in [3.8, 4) is 11.3 Å². The summed E-state index contributed by atoms with van der Waals surface area (Å²) in [4.78, 5) is 49.3. The Kier molecular flexibility index (Phi) is 5.39. The Hall–Kier alpha value is -4.53. The highest BCUT2D eigenvalue weighted by molar-refractivity contribution is 6.39. The van der Waals surface area contributed by atoms with E-state index in [9.17, 15) is 24.5 Å². The van der Waals surface area contributed by atoms with Crippen LogP contribution in [0, 0.1) is 30.9 Å². The van der Waals surface area contributed by atoms with E-state index in [1.54, 1.807) is 37.3 Å². The van der Waals surface area contributed by atoms with Crippen LogP contribution >= 0.6 is 0 Å². The first kappa shape index (κ1) is 21.7. The van der Waals surface area contributed by atoms with E-state index < -0.39 is 22.8 Å². The molecule has 0 radical (unpaired) electrons. The van der Waals surface area contributed by atoms with Gasteiger partial charge in [-0.25, -0.2) is 9.69 Å². The molecule has 9 nitrogen and oxygen atoms in total. The van der Waals surface area contributed by atoms with Gasteiger partial charge >= 0.3 is 6.03 Å². The number of furan rings is 1. The van der Waals surface area contributed by atoms with Crippen molar-refractivity contribution in [1.82, 2.24) is 5.32 Å². The number of rotatable bonds is 4. The summed E-state index contributed by atoms with van der Waals surface area (Å²) in [6.45, 7) is 5.54. The van der Waals surface area contributed by atoms with Crippen LogP contribution in [0.15, 0.2) is 58.5 Å². The van der Waals surface area contributed by atoms with Crippen LogP contribution in [0.1, 0.15) is 22.5 Å². The van der Waals surface area contributed by atoms with Gasteiger partial charge in [0.25, 0.3) is 17.5 Å². The van der Waals surface area contributed by atoms with E-state index in [1.165, 1.54) is 24.3 Å². The molecule has 1 fully saturated rings. The van der Waals surface area contributed by atoms with Crippen LogP contribution in [0.5, 0.6) is 0 Å². The van der Waals surface area contributed by atoms with Gasteiger partial charge in [-0.1, -0.05) is 12.1 Å². The van der Waals surface area contributed by atoms with Crippen LogP contribution in [0.3, 0.4) is 0 Å². The van der Waals surface area contributed by atoms with Gasteiger partial charge in [-0.05, 0) is 67.8 Å². The Morgan fingerprint density at radius 2 is 1.67 bits per heavy atom. The van der Waals surface area contributed by atoms with Crippen molar-refractivity contribution in [3.63, 3.8) is 0 Å². The van der Waals surface area contributed by atoms with Gasteiger partial charge in [0.2, 0.25) is 0 Å². The number of barbiturate groups is 1. The maximum absolute atomic E-state index is 13.1. The second-order valence-corrected chi connectivity index (χ2v) is 7.68. The van der Waals surface area contributed by atoms with Crippen LogP contribution in [0.4, 0.5) is 16.2 Å². The minimum absolute atomic E-state index is 0.0868. The standard InChI is InChI=1S/C24H19N3O6/c1-13-4-6-16(10-15(13)3)26-23(29)20(22(28)25-24(26)30)12-18-8-9-21(33-18)19-11-17(27(31)32)7-5-14(19)2/h4-12H,1-3H3,(H,25,28,30)/b20-12+. The second-order valence-electron chi connectivity index (χ2n) is 7.68. The molecular formula is C24H19N3O6. The van der Waals surface area contributed by atoms with Gasteiger partial charge < -0.3 is 4.42 Å². The number of carbonyl (C=O) groups excluding carboxylic acids is 3. The molecule has 4 amide bonds. The molecule has 0 saturated carbocycles. The number of nitro groups is 1. The van der Waals surface area contributed by atoms with Gasteiger partial charge in [-0.3, -0.25) is 25.0 Å². The number of nitrogens with one attached hydrogen (secondary N) is 1. The zero-order chi connectivity index (χ0) is 23.9. The molecule has 9 heteroatoms. The van der Waals surface area contributed by atoms with Crippen LogP contribution in [-0.4, -0.2) is 22.8 Å². The van der Waals surface area contributed by atoms with Crippen molar-refractivity contribution in [3.05, 3.63) is 86.7 Å². The quantitative estimate of drug-likeness (QED) is 0.274. The normalized spacial score (nSPS) is 15.2. The number of anilines is 1. The van der Waals surface area contributed by atoms with Crippen LogP contribution < -0.4 is 10.2 Å².